The molecule has 3 aliphatic heterocycles. The van der Waals surface area contributed by atoms with Crippen LogP contribution in [0, 0.1) is 5.41 Å². The zero-order chi connectivity index (χ0) is 20.6. The highest BCUT2D eigenvalue weighted by molar-refractivity contribution is 6.24. The normalized spacial score (nSPS) is 26.8. The van der Waals surface area contributed by atoms with Gasteiger partial charge < -0.3 is 10.6 Å². The molecule has 3 heterocycles. The van der Waals surface area contributed by atoms with Gasteiger partial charge in [-0.15, -0.1) is 0 Å². The molecule has 4 rings (SSSR count). The monoisotopic (exact) mass is 402 g/mol. The number of rotatable bonds is 6. The van der Waals surface area contributed by atoms with Gasteiger partial charge >= 0.3 is 0 Å². The number of hydrogen-bond donors (Lipinski definition) is 3. The van der Waals surface area contributed by atoms with Crippen molar-refractivity contribution in [2.45, 2.75) is 31.8 Å². The van der Waals surface area contributed by atoms with Crippen LogP contribution in [0.5, 0.6) is 0 Å². The van der Waals surface area contributed by atoms with Gasteiger partial charge in [-0.25, -0.2) is 0 Å². The average Bonchev–Trinajstić information content (AvgIpc) is 3.27. The number of nitrogens with one attached hydrogen (secondary N) is 3. The van der Waals surface area contributed by atoms with Crippen molar-refractivity contribution in [3.05, 3.63) is 34.9 Å². The summed E-state index contributed by atoms with van der Waals surface area (Å²) in [6.07, 6.45) is 0.942. The van der Waals surface area contributed by atoms with Gasteiger partial charge in [-0.3, -0.25) is 33.8 Å². The Labute approximate surface area is 167 Å². The van der Waals surface area contributed by atoms with Gasteiger partial charge in [-0.1, -0.05) is 12.1 Å². The molecular weight excluding hydrogens is 379 g/mol. The first-order valence-electron chi connectivity index (χ1n) is 9.77. The summed E-state index contributed by atoms with van der Waals surface area (Å²) in [4.78, 5) is 50.4. The first kappa shape index (κ1) is 19.7. The molecule has 3 N–H and O–H groups in total. The van der Waals surface area contributed by atoms with Crippen LogP contribution < -0.4 is 16.0 Å². The van der Waals surface area contributed by atoms with E-state index < -0.39 is 41.8 Å². The van der Waals surface area contributed by atoms with Crippen molar-refractivity contribution >= 4 is 23.6 Å². The van der Waals surface area contributed by atoms with Gasteiger partial charge in [0.05, 0.1) is 17.8 Å². The molecule has 0 spiro atoms. The van der Waals surface area contributed by atoms with Gasteiger partial charge in [0.2, 0.25) is 11.8 Å². The molecule has 0 aromatic heterocycles. The summed E-state index contributed by atoms with van der Waals surface area (Å²) in [5, 5.41) is 8.58. The van der Waals surface area contributed by atoms with Crippen molar-refractivity contribution in [3.63, 3.8) is 0 Å². The molecule has 2 unspecified atom stereocenters. The van der Waals surface area contributed by atoms with E-state index in [9.17, 15) is 23.6 Å². The molecule has 2 saturated heterocycles. The van der Waals surface area contributed by atoms with E-state index in [4.69, 9.17) is 0 Å². The Hall–Kier alpha value is -2.65. The number of halogens is 1. The predicted molar refractivity (Wildman–Crippen MR) is 101 cm³/mol. The number of amides is 4. The third-order valence-corrected chi connectivity index (χ3v) is 5.99. The minimum absolute atomic E-state index is 0.0809. The van der Waals surface area contributed by atoms with Gasteiger partial charge in [0.25, 0.3) is 11.8 Å². The fraction of sp³-hybridized carbons (Fsp3) is 0.500. The van der Waals surface area contributed by atoms with Crippen molar-refractivity contribution in [1.82, 2.24) is 20.9 Å². The molecule has 154 valence electrons. The first-order chi connectivity index (χ1) is 14.0. The molecule has 0 radical (unpaired) electrons. The molecule has 2 fully saturated rings. The molecule has 0 saturated carbocycles. The Kier molecular flexibility index (Phi) is 5.18. The molecule has 3 aliphatic rings. The highest BCUT2D eigenvalue weighted by atomic mass is 19.1. The van der Waals surface area contributed by atoms with Gasteiger partial charge in [-0.05, 0) is 31.0 Å². The van der Waals surface area contributed by atoms with E-state index in [2.05, 4.69) is 16.0 Å². The molecule has 8 nitrogen and oxygen atoms in total. The van der Waals surface area contributed by atoms with Crippen molar-refractivity contribution in [3.8, 4) is 0 Å². The van der Waals surface area contributed by atoms with Crippen LogP contribution in [0.15, 0.2) is 18.2 Å². The molecule has 9 heteroatoms. The van der Waals surface area contributed by atoms with Gasteiger partial charge in [0.1, 0.15) is 6.04 Å². The zero-order valence-corrected chi connectivity index (χ0v) is 15.9. The standard InChI is InChI=1S/C20H23FN4O4/c21-9-20(6-7-22-10-20)11-23-8-12-2-1-3-13-16(12)19(29)25(18(13)28)14-4-5-15(26)24-17(14)27/h1-3,14,22-23H,4-11H2,(H,24,26,27). The third-order valence-electron chi connectivity index (χ3n) is 5.99. The molecular formula is C20H23FN4O4. The van der Waals surface area contributed by atoms with Gasteiger partial charge in [-0.2, -0.15) is 0 Å². The average molecular weight is 402 g/mol. The Balaban J connectivity index is 1.52. The smallest absolute Gasteiger partial charge is 0.262 e. The van der Waals surface area contributed by atoms with Crippen molar-refractivity contribution in [1.29, 1.82) is 0 Å². The number of nitrogens with zero attached hydrogens (tertiary/aromatic N) is 1. The highest BCUT2D eigenvalue weighted by Crippen LogP contribution is 2.30. The lowest BCUT2D eigenvalue weighted by Crippen LogP contribution is -2.54. The minimum atomic E-state index is -0.986. The van der Waals surface area contributed by atoms with Gasteiger partial charge in [0.15, 0.2) is 0 Å². The summed E-state index contributed by atoms with van der Waals surface area (Å²) >= 11 is 0. The van der Waals surface area contributed by atoms with Crippen molar-refractivity contribution < 1.29 is 23.6 Å². The van der Waals surface area contributed by atoms with E-state index in [0.29, 0.717) is 25.2 Å². The number of carbonyl (C=O) groups is 4. The summed E-state index contributed by atoms with van der Waals surface area (Å²) in [7, 11) is 0. The lowest BCUT2D eigenvalue weighted by Gasteiger charge is -2.28. The number of benzene rings is 1. The summed E-state index contributed by atoms with van der Waals surface area (Å²) < 4.78 is 13.5. The van der Waals surface area contributed by atoms with Crippen LogP contribution >= 0.6 is 0 Å². The maximum absolute atomic E-state index is 13.5. The van der Waals surface area contributed by atoms with Crippen LogP contribution in [0.4, 0.5) is 4.39 Å². The minimum Gasteiger partial charge on any atom is -0.316 e. The fourth-order valence-corrected chi connectivity index (χ4v) is 4.30. The number of carbonyl (C=O) groups excluding carboxylic acids is 4. The SMILES string of the molecule is O=C1CCC(N2C(=O)c3cccc(CNCC4(CF)CCNC4)c3C2=O)C(=O)N1. The number of hydrogen-bond acceptors (Lipinski definition) is 6. The number of imide groups is 2. The van der Waals surface area contributed by atoms with Crippen LogP contribution in [0.25, 0.3) is 0 Å². The summed E-state index contributed by atoms with van der Waals surface area (Å²) in [5.74, 6) is -2.09. The number of piperidine rings is 1. The summed E-state index contributed by atoms with van der Waals surface area (Å²) in [6, 6.07) is 4.02. The molecule has 4 amide bonds. The van der Waals surface area contributed by atoms with Crippen LogP contribution in [-0.4, -0.2) is 60.9 Å². The molecule has 2 atom stereocenters. The topological polar surface area (TPSA) is 108 Å². The lowest BCUT2D eigenvalue weighted by molar-refractivity contribution is -0.136. The summed E-state index contributed by atoms with van der Waals surface area (Å²) in [6.45, 7) is 1.72. The molecule has 1 aromatic rings. The largest absolute Gasteiger partial charge is 0.316 e. The Bertz CT molecular complexity index is 881. The van der Waals surface area contributed by atoms with Crippen LogP contribution in [0.1, 0.15) is 45.5 Å². The van der Waals surface area contributed by atoms with E-state index >= 15 is 0 Å². The van der Waals surface area contributed by atoms with E-state index in [-0.39, 0.29) is 24.0 Å². The Morgan fingerprint density at radius 1 is 1.21 bits per heavy atom. The van der Waals surface area contributed by atoms with Crippen molar-refractivity contribution in [2.75, 3.05) is 26.3 Å². The second-order valence-corrected chi connectivity index (χ2v) is 7.95. The molecule has 29 heavy (non-hydrogen) atoms. The van der Waals surface area contributed by atoms with Crippen LogP contribution in [0.3, 0.4) is 0 Å². The number of alkyl halides is 1. The first-order valence-corrected chi connectivity index (χ1v) is 9.77. The lowest BCUT2D eigenvalue weighted by atomic mass is 9.88. The predicted octanol–water partition coefficient (Wildman–Crippen LogP) is 0.127. The Morgan fingerprint density at radius 3 is 2.72 bits per heavy atom. The van der Waals surface area contributed by atoms with E-state index in [1.54, 1.807) is 18.2 Å². The van der Waals surface area contributed by atoms with Crippen LogP contribution in [-0.2, 0) is 16.1 Å². The van der Waals surface area contributed by atoms with Gasteiger partial charge in [0, 0.05) is 31.5 Å². The molecule has 1 aromatic carbocycles. The van der Waals surface area contributed by atoms with Crippen LogP contribution in [0.2, 0.25) is 0 Å². The summed E-state index contributed by atoms with van der Waals surface area (Å²) in [5.41, 5.74) is 0.710. The van der Waals surface area contributed by atoms with E-state index in [1.807, 2.05) is 0 Å². The maximum Gasteiger partial charge on any atom is 0.262 e. The van der Waals surface area contributed by atoms with E-state index in [1.165, 1.54) is 0 Å². The zero-order valence-electron chi connectivity index (χ0n) is 15.9. The second kappa shape index (κ2) is 7.64. The third kappa shape index (κ3) is 3.44. The molecule has 0 bridgehead atoms. The highest BCUT2D eigenvalue weighted by Gasteiger charge is 2.45. The van der Waals surface area contributed by atoms with E-state index in [0.717, 1.165) is 17.9 Å². The fourth-order valence-electron chi connectivity index (χ4n) is 4.30. The second-order valence-electron chi connectivity index (χ2n) is 7.95. The maximum atomic E-state index is 13.5. The quantitative estimate of drug-likeness (QED) is 0.584. The Morgan fingerprint density at radius 2 is 2.03 bits per heavy atom. The number of fused-ring (bicyclic) bond motifs is 1. The molecule has 0 aliphatic carbocycles. The van der Waals surface area contributed by atoms with Crippen molar-refractivity contribution in [2.24, 2.45) is 5.41 Å².